The van der Waals surface area contributed by atoms with E-state index in [4.69, 9.17) is 33.7 Å². The van der Waals surface area contributed by atoms with Crippen molar-refractivity contribution in [1.82, 2.24) is 9.97 Å². The number of rotatable bonds is 3. The largest absolute Gasteiger partial charge is 0.383 e. The van der Waals surface area contributed by atoms with Gasteiger partial charge in [0.05, 0.1) is 34.7 Å². The highest BCUT2D eigenvalue weighted by Gasteiger charge is 2.35. The van der Waals surface area contributed by atoms with E-state index in [1.165, 1.54) is 6.07 Å². The van der Waals surface area contributed by atoms with Gasteiger partial charge in [-0.3, -0.25) is 9.59 Å². The lowest BCUT2D eigenvalue weighted by atomic mass is 9.92. The van der Waals surface area contributed by atoms with Crippen LogP contribution in [0.3, 0.4) is 0 Å². The molecular formula is C18H18Cl2N6O3. The maximum atomic E-state index is 12.9. The molecule has 1 atom stereocenters. The summed E-state index contributed by atoms with van der Waals surface area (Å²) in [7, 11) is 0. The summed E-state index contributed by atoms with van der Waals surface area (Å²) in [6.07, 6.45) is -0.0649. The van der Waals surface area contributed by atoms with Gasteiger partial charge in [-0.05, 0) is 18.2 Å². The van der Waals surface area contributed by atoms with Crippen molar-refractivity contribution in [1.29, 1.82) is 0 Å². The average molecular weight is 437 g/mol. The molecule has 0 saturated carbocycles. The molecule has 4 N–H and O–H groups in total. The van der Waals surface area contributed by atoms with Gasteiger partial charge in [-0.15, -0.1) is 0 Å². The van der Waals surface area contributed by atoms with Crippen molar-refractivity contribution in [3.63, 3.8) is 0 Å². The molecule has 2 aliphatic rings. The SMILES string of the molecule is Nc1nc(N2CCOCC2)nc2c1C(C(=O)Nc1ccc(Cl)c(Cl)c1)CC(=O)N2. The van der Waals surface area contributed by atoms with Crippen LogP contribution >= 0.6 is 23.2 Å². The van der Waals surface area contributed by atoms with E-state index >= 15 is 0 Å². The molecule has 1 aromatic carbocycles. The minimum atomic E-state index is -0.827. The molecule has 1 saturated heterocycles. The predicted octanol–water partition coefficient (Wildman–Crippen LogP) is 2.27. The van der Waals surface area contributed by atoms with E-state index in [1.807, 2.05) is 4.90 Å². The van der Waals surface area contributed by atoms with Gasteiger partial charge in [-0.25, -0.2) is 0 Å². The fourth-order valence-electron chi connectivity index (χ4n) is 3.32. The molecule has 3 heterocycles. The van der Waals surface area contributed by atoms with Crippen LogP contribution in [-0.4, -0.2) is 48.1 Å². The minimum Gasteiger partial charge on any atom is -0.383 e. The second-order valence-corrected chi connectivity index (χ2v) is 7.51. The lowest BCUT2D eigenvalue weighted by molar-refractivity contribution is -0.123. The van der Waals surface area contributed by atoms with Gasteiger partial charge in [-0.1, -0.05) is 23.2 Å². The van der Waals surface area contributed by atoms with Gasteiger partial charge in [0.25, 0.3) is 0 Å². The van der Waals surface area contributed by atoms with Gasteiger partial charge in [0.2, 0.25) is 17.8 Å². The molecule has 4 rings (SSSR count). The lowest BCUT2D eigenvalue weighted by Gasteiger charge is -2.30. The van der Waals surface area contributed by atoms with Crippen LogP contribution in [0.25, 0.3) is 0 Å². The van der Waals surface area contributed by atoms with E-state index in [0.717, 1.165) is 0 Å². The van der Waals surface area contributed by atoms with Crippen molar-refractivity contribution in [2.45, 2.75) is 12.3 Å². The summed E-state index contributed by atoms with van der Waals surface area (Å²) in [6.45, 7) is 2.35. The topological polar surface area (TPSA) is 122 Å². The monoisotopic (exact) mass is 436 g/mol. The summed E-state index contributed by atoms with van der Waals surface area (Å²) in [5.74, 6) is -0.746. The number of nitrogen functional groups attached to an aromatic ring is 1. The number of aromatic nitrogens is 2. The number of hydrogen-bond donors (Lipinski definition) is 3. The molecule has 0 spiro atoms. The first-order valence-corrected chi connectivity index (χ1v) is 9.74. The second kappa shape index (κ2) is 8.02. The summed E-state index contributed by atoms with van der Waals surface area (Å²) in [4.78, 5) is 35.9. The Kier molecular flexibility index (Phi) is 5.44. The maximum absolute atomic E-state index is 12.9. The molecule has 11 heteroatoms. The number of nitrogens with zero attached hydrogens (tertiary/aromatic N) is 3. The molecule has 0 aliphatic carbocycles. The first kappa shape index (κ1) is 19.7. The predicted molar refractivity (Wildman–Crippen MR) is 111 cm³/mol. The zero-order chi connectivity index (χ0) is 20.5. The maximum Gasteiger partial charge on any atom is 0.232 e. The Balaban J connectivity index is 1.63. The summed E-state index contributed by atoms with van der Waals surface area (Å²) < 4.78 is 5.33. The van der Waals surface area contributed by atoms with Gasteiger partial charge in [0.15, 0.2) is 0 Å². The Hall–Kier alpha value is -2.62. The van der Waals surface area contributed by atoms with E-state index in [1.54, 1.807) is 12.1 Å². The van der Waals surface area contributed by atoms with Crippen LogP contribution in [0.2, 0.25) is 10.0 Å². The third-order valence-corrected chi connectivity index (χ3v) is 5.50. The van der Waals surface area contributed by atoms with Crippen molar-refractivity contribution in [2.24, 2.45) is 0 Å². The lowest BCUT2D eigenvalue weighted by Crippen LogP contribution is -2.38. The van der Waals surface area contributed by atoms with Crippen LogP contribution < -0.4 is 21.3 Å². The zero-order valence-corrected chi connectivity index (χ0v) is 16.8. The summed E-state index contributed by atoms with van der Waals surface area (Å²) in [5, 5.41) is 6.13. The van der Waals surface area contributed by atoms with Crippen molar-refractivity contribution in [3.8, 4) is 0 Å². The first-order valence-electron chi connectivity index (χ1n) is 8.98. The van der Waals surface area contributed by atoms with Crippen LogP contribution in [0.5, 0.6) is 0 Å². The number of hydrogen-bond acceptors (Lipinski definition) is 7. The van der Waals surface area contributed by atoms with E-state index in [0.29, 0.717) is 53.5 Å². The highest BCUT2D eigenvalue weighted by Crippen LogP contribution is 2.37. The van der Waals surface area contributed by atoms with Gasteiger partial charge in [-0.2, -0.15) is 9.97 Å². The number of carbonyl (C=O) groups is 2. The number of fused-ring (bicyclic) bond motifs is 1. The zero-order valence-electron chi connectivity index (χ0n) is 15.2. The Bertz CT molecular complexity index is 980. The molecule has 1 fully saturated rings. The van der Waals surface area contributed by atoms with Gasteiger partial charge < -0.3 is 26.0 Å². The van der Waals surface area contributed by atoms with Crippen LogP contribution in [0.1, 0.15) is 17.9 Å². The van der Waals surface area contributed by atoms with Crippen LogP contribution in [0.15, 0.2) is 18.2 Å². The molecule has 0 radical (unpaired) electrons. The molecule has 0 bridgehead atoms. The number of benzene rings is 1. The highest BCUT2D eigenvalue weighted by molar-refractivity contribution is 6.42. The summed E-state index contributed by atoms with van der Waals surface area (Å²) in [6, 6.07) is 4.73. The first-order chi connectivity index (χ1) is 13.9. The van der Waals surface area contributed by atoms with E-state index in [2.05, 4.69) is 20.6 Å². The number of anilines is 4. The van der Waals surface area contributed by atoms with Crippen LogP contribution in [0.4, 0.5) is 23.3 Å². The molecule has 29 heavy (non-hydrogen) atoms. The summed E-state index contributed by atoms with van der Waals surface area (Å²) >= 11 is 11.9. The molecular weight excluding hydrogens is 419 g/mol. The number of nitrogens with two attached hydrogens (primary N) is 1. The molecule has 2 aromatic rings. The second-order valence-electron chi connectivity index (χ2n) is 6.69. The number of amides is 2. The summed E-state index contributed by atoms with van der Waals surface area (Å²) in [5.41, 5.74) is 7.04. The molecule has 9 nitrogen and oxygen atoms in total. The highest BCUT2D eigenvalue weighted by atomic mass is 35.5. The molecule has 1 unspecified atom stereocenters. The van der Waals surface area contributed by atoms with E-state index in [-0.39, 0.29) is 24.0 Å². The fourth-order valence-corrected chi connectivity index (χ4v) is 3.61. The Morgan fingerprint density at radius 2 is 2.00 bits per heavy atom. The van der Waals surface area contributed by atoms with Gasteiger partial charge in [0.1, 0.15) is 11.6 Å². The van der Waals surface area contributed by atoms with Crippen molar-refractivity contribution < 1.29 is 14.3 Å². The number of morpholine rings is 1. The number of halogens is 2. The molecule has 2 amide bonds. The number of ether oxygens (including phenoxy) is 1. The molecule has 1 aromatic heterocycles. The quantitative estimate of drug-likeness (QED) is 0.673. The van der Waals surface area contributed by atoms with Crippen LogP contribution in [-0.2, 0) is 14.3 Å². The van der Waals surface area contributed by atoms with Crippen molar-refractivity contribution in [3.05, 3.63) is 33.8 Å². The normalized spacial score (nSPS) is 18.8. The molecule has 152 valence electrons. The number of nitrogens with one attached hydrogen (secondary N) is 2. The third kappa shape index (κ3) is 4.07. The van der Waals surface area contributed by atoms with Gasteiger partial charge in [0, 0.05) is 25.2 Å². The van der Waals surface area contributed by atoms with E-state index < -0.39 is 11.8 Å². The molecule has 2 aliphatic heterocycles. The smallest absolute Gasteiger partial charge is 0.232 e. The van der Waals surface area contributed by atoms with E-state index in [9.17, 15) is 9.59 Å². The van der Waals surface area contributed by atoms with Gasteiger partial charge >= 0.3 is 0 Å². The van der Waals surface area contributed by atoms with Crippen molar-refractivity contribution >= 4 is 58.3 Å². The number of carbonyl (C=O) groups excluding carboxylic acids is 2. The average Bonchev–Trinajstić information content (AvgIpc) is 2.70. The fraction of sp³-hybridized carbons (Fsp3) is 0.333. The Labute approximate surface area is 176 Å². The van der Waals surface area contributed by atoms with Crippen molar-refractivity contribution in [2.75, 3.05) is 47.6 Å². The minimum absolute atomic E-state index is 0.0649. The third-order valence-electron chi connectivity index (χ3n) is 4.76. The van der Waals surface area contributed by atoms with Crippen LogP contribution in [0, 0.1) is 0 Å². The Morgan fingerprint density at radius 3 is 2.72 bits per heavy atom. The Morgan fingerprint density at radius 1 is 1.24 bits per heavy atom. The standard InChI is InChI=1S/C18H18Cl2N6O3/c19-11-2-1-9(7-12(11)20)22-17(28)10-8-13(27)23-16-14(10)15(21)24-18(25-16)26-3-5-29-6-4-26/h1-2,7,10H,3-6,8H2,(H,22,28)(H3,21,23,24,25,27).